The summed E-state index contributed by atoms with van der Waals surface area (Å²) in [6.07, 6.45) is 3.81. The van der Waals surface area contributed by atoms with Gasteiger partial charge in [0.2, 0.25) is 0 Å². The maximum absolute atomic E-state index is 9.75. The highest BCUT2D eigenvalue weighted by molar-refractivity contribution is 5.66. The lowest BCUT2D eigenvalue weighted by molar-refractivity contribution is 0.0696. The summed E-state index contributed by atoms with van der Waals surface area (Å²) in [4.78, 5) is 2.44. The van der Waals surface area contributed by atoms with E-state index in [-0.39, 0.29) is 6.10 Å². The summed E-state index contributed by atoms with van der Waals surface area (Å²) in [6, 6.07) is 6.03. The molecular weight excluding hydrogens is 318 g/mol. The smallest absolute Gasteiger partial charge is 0.162 e. The van der Waals surface area contributed by atoms with Crippen LogP contribution in [0.3, 0.4) is 0 Å². The number of aliphatic hydroxyl groups is 1. The number of benzene rings is 1. The summed E-state index contributed by atoms with van der Waals surface area (Å²) in [6.45, 7) is 5.99. The molecule has 134 valence electrons. The van der Waals surface area contributed by atoms with E-state index in [1.807, 2.05) is 31.3 Å². The van der Waals surface area contributed by atoms with Gasteiger partial charge in [0.05, 0.1) is 18.0 Å². The van der Waals surface area contributed by atoms with Crippen LogP contribution in [0.25, 0.3) is 11.3 Å². The van der Waals surface area contributed by atoms with E-state index in [1.54, 1.807) is 0 Å². The van der Waals surface area contributed by atoms with E-state index in [0.29, 0.717) is 19.1 Å². The Kier molecular flexibility index (Phi) is 4.63. The molecule has 1 unspecified atom stereocenters. The van der Waals surface area contributed by atoms with E-state index in [2.05, 4.69) is 15.1 Å². The van der Waals surface area contributed by atoms with Crippen molar-refractivity contribution in [2.75, 3.05) is 26.3 Å². The first-order valence-electron chi connectivity index (χ1n) is 9.03. The fourth-order valence-corrected chi connectivity index (χ4v) is 3.71. The van der Waals surface area contributed by atoms with Gasteiger partial charge >= 0.3 is 0 Å². The molecule has 1 atom stereocenters. The second-order valence-corrected chi connectivity index (χ2v) is 6.98. The quantitative estimate of drug-likeness (QED) is 0.892. The molecule has 2 aliphatic rings. The number of aliphatic hydroxyl groups excluding tert-OH is 1. The van der Waals surface area contributed by atoms with Crippen molar-refractivity contribution in [1.29, 1.82) is 0 Å². The monoisotopic (exact) mass is 343 g/mol. The topological polar surface area (TPSA) is 70.6 Å². The van der Waals surface area contributed by atoms with Gasteiger partial charge in [-0.05, 0) is 57.0 Å². The lowest BCUT2D eigenvalue weighted by atomic mass is 9.92. The van der Waals surface area contributed by atoms with Crippen molar-refractivity contribution in [3.05, 3.63) is 30.0 Å². The van der Waals surface area contributed by atoms with Crippen molar-refractivity contribution < 1.29 is 14.6 Å². The number of rotatable bonds is 4. The molecule has 2 aliphatic heterocycles. The second-order valence-electron chi connectivity index (χ2n) is 6.98. The third-order valence-corrected chi connectivity index (χ3v) is 5.26. The summed E-state index contributed by atoms with van der Waals surface area (Å²) in [5, 5.41) is 17.1. The first-order valence-corrected chi connectivity index (χ1v) is 9.03. The normalized spacial score (nSPS) is 19.8. The fourth-order valence-electron chi connectivity index (χ4n) is 3.71. The Hall–Kier alpha value is -2.05. The highest BCUT2D eigenvalue weighted by Crippen LogP contribution is 2.35. The van der Waals surface area contributed by atoms with Gasteiger partial charge in [0, 0.05) is 17.7 Å². The van der Waals surface area contributed by atoms with Crippen molar-refractivity contribution in [1.82, 2.24) is 15.1 Å². The molecule has 6 nitrogen and oxygen atoms in total. The molecule has 0 aliphatic carbocycles. The summed E-state index contributed by atoms with van der Waals surface area (Å²) >= 11 is 0. The van der Waals surface area contributed by atoms with Gasteiger partial charge in [-0.3, -0.25) is 10.00 Å². The zero-order valence-electron chi connectivity index (χ0n) is 14.6. The molecule has 1 fully saturated rings. The van der Waals surface area contributed by atoms with Gasteiger partial charge in [0.1, 0.15) is 13.2 Å². The summed E-state index contributed by atoms with van der Waals surface area (Å²) in [5.74, 6) is 2.02. The molecule has 1 aromatic heterocycles. The minimum Gasteiger partial charge on any atom is -0.486 e. The Morgan fingerprint density at radius 2 is 2.00 bits per heavy atom. The molecule has 0 saturated carbocycles. The van der Waals surface area contributed by atoms with Crippen LogP contribution in [0, 0.1) is 5.92 Å². The van der Waals surface area contributed by atoms with Crippen LogP contribution in [0.2, 0.25) is 0 Å². The van der Waals surface area contributed by atoms with Crippen LogP contribution in [0.15, 0.2) is 24.4 Å². The molecule has 0 spiro atoms. The number of fused-ring (bicyclic) bond motifs is 1. The number of hydrogen-bond donors (Lipinski definition) is 2. The number of ether oxygens (including phenoxy) is 2. The van der Waals surface area contributed by atoms with Gasteiger partial charge in [-0.25, -0.2) is 0 Å². The molecule has 4 rings (SSSR count). The molecule has 0 radical (unpaired) electrons. The van der Waals surface area contributed by atoms with Crippen LogP contribution in [0.1, 0.15) is 25.3 Å². The van der Waals surface area contributed by atoms with Crippen LogP contribution in [-0.2, 0) is 6.54 Å². The lowest BCUT2D eigenvalue weighted by Gasteiger charge is -2.33. The second kappa shape index (κ2) is 7.06. The molecule has 25 heavy (non-hydrogen) atoms. The Labute approximate surface area is 147 Å². The number of aromatic amines is 1. The van der Waals surface area contributed by atoms with Crippen LogP contribution in [-0.4, -0.2) is 52.6 Å². The number of likely N-dealkylation sites (tertiary alicyclic amines) is 1. The van der Waals surface area contributed by atoms with E-state index < -0.39 is 0 Å². The minimum atomic E-state index is -0.204. The van der Waals surface area contributed by atoms with Gasteiger partial charge in [-0.15, -0.1) is 0 Å². The zero-order chi connectivity index (χ0) is 17.2. The Bertz CT molecular complexity index is 720. The van der Waals surface area contributed by atoms with Crippen molar-refractivity contribution in [3.8, 4) is 22.8 Å². The molecule has 0 amide bonds. The van der Waals surface area contributed by atoms with Crippen LogP contribution in [0.4, 0.5) is 0 Å². The van der Waals surface area contributed by atoms with Gasteiger partial charge in [0.25, 0.3) is 0 Å². The van der Waals surface area contributed by atoms with Gasteiger partial charge in [-0.2, -0.15) is 5.10 Å². The third kappa shape index (κ3) is 3.50. The summed E-state index contributed by atoms with van der Waals surface area (Å²) in [7, 11) is 0. The largest absolute Gasteiger partial charge is 0.486 e. The predicted molar refractivity (Wildman–Crippen MR) is 94.7 cm³/mol. The molecular formula is C19H25N3O3. The van der Waals surface area contributed by atoms with Crippen molar-refractivity contribution in [2.24, 2.45) is 5.92 Å². The van der Waals surface area contributed by atoms with E-state index in [9.17, 15) is 5.11 Å². The molecule has 1 saturated heterocycles. The lowest BCUT2D eigenvalue weighted by Crippen LogP contribution is -2.36. The Morgan fingerprint density at radius 1 is 1.24 bits per heavy atom. The van der Waals surface area contributed by atoms with Crippen LogP contribution < -0.4 is 9.47 Å². The number of hydrogen-bond acceptors (Lipinski definition) is 5. The van der Waals surface area contributed by atoms with Gasteiger partial charge in [-0.1, -0.05) is 0 Å². The minimum absolute atomic E-state index is 0.204. The first-order chi connectivity index (χ1) is 12.2. The van der Waals surface area contributed by atoms with E-state index in [0.717, 1.165) is 55.2 Å². The molecule has 1 aromatic carbocycles. The maximum atomic E-state index is 9.75. The fraction of sp³-hybridized carbons (Fsp3) is 0.526. The predicted octanol–water partition coefficient (Wildman–Crippen LogP) is 2.44. The molecule has 6 heteroatoms. The number of H-pyrrole nitrogens is 1. The average Bonchev–Trinajstić information content (AvgIpc) is 3.10. The zero-order valence-corrected chi connectivity index (χ0v) is 14.6. The highest BCUT2D eigenvalue weighted by Gasteiger charge is 2.23. The van der Waals surface area contributed by atoms with Crippen molar-refractivity contribution in [3.63, 3.8) is 0 Å². The third-order valence-electron chi connectivity index (χ3n) is 5.26. The van der Waals surface area contributed by atoms with E-state index >= 15 is 0 Å². The molecule has 2 aromatic rings. The average molecular weight is 343 g/mol. The van der Waals surface area contributed by atoms with Crippen molar-refractivity contribution in [2.45, 2.75) is 32.4 Å². The Morgan fingerprint density at radius 3 is 2.76 bits per heavy atom. The van der Waals surface area contributed by atoms with Crippen LogP contribution >= 0.6 is 0 Å². The maximum Gasteiger partial charge on any atom is 0.162 e. The molecule has 2 N–H and O–H groups in total. The molecule has 0 bridgehead atoms. The highest BCUT2D eigenvalue weighted by atomic mass is 16.6. The van der Waals surface area contributed by atoms with Gasteiger partial charge < -0.3 is 14.6 Å². The van der Waals surface area contributed by atoms with Crippen LogP contribution in [0.5, 0.6) is 11.5 Å². The van der Waals surface area contributed by atoms with Crippen molar-refractivity contribution >= 4 is 0 Å². The van der Waals surface area contributed by atoms with Gasteiger partial charge in [0.15, 0.2) is 11.5 Å². The number of aromatic nitrogens is 2. The Balaban J connectivity index is 1.48. The molecule has 3 heterocycles. The number of nitrogens with one attached hydrogen (secondary N) is 1. The van der Waals surface area contributed by atoms with E-state index in [4.69, 9.17) is 9.47 Å². The standard InChI is InChI=1S/C19H25N3O3/c1-13(23)14-4-6-22(7-5-14)12-16-11-20-21-19(16)15-2-3-17-18(10-15)25-9-8-24-17/h2-3,10-11,13-14,23H,4-9,12H2,1H3,(H,20,21). The first kappa shape index (κ1) is 16.4. The number of nitrogens with zero attached hydrogens (tertiary/aromatic N) is 2. The summed E-state index contributed by atoms with van der Waals surface area (Å²) in [5.41, 5.74) is 3.29. The summed E-state index contributed by atoms with van der Waals surface area (Å²) < 4.78 is 11.3. The SMILES string of the molecule is CC(O)C1CCN(Cc2cn[nH]c2-c2ccc3c(c2)OCCO3)CC1. The number of piperidine rings is 1. The van der Waals surface area contributed by atoms with E-state index in [1.165, 1.54) is 5.56 Å².